The first-order valence-corrected chi connectivity index (χ1v) is 6.61. The molecule has 1 atom stereocenters. The smallest absolute Gasteiger partial charge is 0.325 e. The van der Waals surface area contributed by atoms with Crippen molar-refractivity contribution in [2.24, 2.45) is 5.73 Å². The lowest BCUT2D eigenvalue weighted by molar-refractivity contribution is -0.143. The van der Waals surface area contributed by atoms with Crippen LogP contribution in [-0.4, -0.2) is 54.2 Å². The molecule has 1 fully saturated rings. The fraction of sp³-hybridized carbons (Fsp3) is 0.429. The number of anilines is 1. The Morgan fingerprint density at radius 2 is 2.29 bits per heavy atom. The van der Waals surface area contributed by atoms with E-state index in [0.29, 0.717) is 24.4 Å². The molecule has 4 N–H and O–H groups in total. The van der Waals surface area contributed by atoms with Gasteiger partial charge in [-0.3, -0.25) is 14.5 Å². The van der Waals surface area contributed by atoms with Gasteiger partial charge in [-0.15, -0.1) is 0 Å². The van der Waals surface area contributed by atoms with Crippen LogP contribution in [0.2, 0.25) is 0 Å². The van der Waals surface area contributed by atoms with Crippen LogP contribution < -0.4 is 15.8 Å². The fourth-order valence-electron chi connectivity index (χ4n) is 2.33. The third-order valence-corrected chi connectivity index (χ3v) is 3.53. The number of nitrogens with two attached hydrogens (primary N) is 1. The maximum absolute atomic E-state index is 12.0. The molecule has 0 aliphatic carbocycles. The van der Waals surface area contributed by atoms with Crippen LogP contribution in [-0.2, 0) is 9.59 Å². The molecule has 0 spiro atoms. The van der Waals surface area contributed by atoms with Gasteiger partial charge in [0, 0.05) is 24.8 Å². The van der Waals surface area contributed by atoms with Crippen LogP contribution >= 0.6 is 0 Å². The van der Waals surface area contributed by atoms with Crippen molar-refractivity contribution in [3.05, 3.63) is 24.3 Å². The minimum atomic E-state index is -1.25. The molecule has 1 unspecified atom stereocenters. The molecule has 0 bridgehead atoms. The van der Waals surface area contributed by atoms with E-state index < -0.39 is 11.5 Å². The van der Waals surface area contributed by atoms with Crippen LogP contribution in [0.5, 0.6) is 5.75 Å². The highest BCUT2D eigenvalue weighted by Crippen LogP contribution is 2.19. The van der Waals surface area contributed by atoms with Gasteiger partial charge in [0.15, 0.2) is 0 Å². The molecule has 2 rings (SSSR count). The maximum atomic E-state index is 12.0. The van der Waals surface area contributed by atoms with E-state index in [1.807, 2.05) is 0 Å². The molecule has 1 heterocycles. The number of carbonyl (C=O) groups is 2. The Morgan fingerprint density at radius 1 is 1.52 bits per heavy atom. The summed E-state index contributed by atoms with van der Waals surface area (Å²) < 4.78 is 5.08. The SMILES string of the molecule is COc1cccc(NC(=O)CN2CCC(N)(C(=O)O)C2)c1. The van der Waals surface area contributed by atoms with Gasteiger partial charge in [0.25, 0.3) is 0 Å². The van der Waals surface area contributed by atoms with Gasteiger partial charge in [0.2, 0.25) is 5.91 Å². The lowest BCUT2D eigenvalue weighted by Gasteiger charge is -2.19. The number of ether oxygens (including phenoxy) is 1. The second-order valence-corrected chi connectivity index (χ2v) is 5.20. The van der Waals surface area contributed by atoms with Crippen molar-refractivity contribution in [1.82, 2.24) is 4.90 Å². The molecule has 1 aromatic rings. The van der Waals surface area contributed by atoms with Crippen LogP contribution in [0.25, 0.3) is 0 Å². The maximum Gasteiger partial charge on any atom is 0.325 e. The molecule has 114 valence electrons. The molecule has 0 saturated carbocycles. The van der Waals surface area contributed by atoms with Gasteiger partial charge in [-0.25, -0.2) is 0 Å². The van der Waals surface area contributed by atoms with Crippen molar-refractivity contribution < 1.29 is 19.4 Å². The molecular weight excluding hydrogens is 274 g/mol. The Labute approximate surface area is 122 Å². The number of nitrogens with one attached hydrogen (secondary N) is 1. The lowest BCUT2D eigenvalue weighted by Crippen LogP contribution is -2.50. The van der Waals surface area contributed by atoms with E-state index in [1.54, 1.807) is 36.3 Å². The number of carboxylic acids is 1. The zero-order valence-electron chi connectivity index (χ0n) is 11.8. The number of likely N-dealkylation sites (tertiary alicyclic amines) is 1. The zero-order chi connectivity index (χ0) is 15.5. The molecule has 7 nitrogen and oxygen atoms in total. The van der Waals surface area contributed by atoms with Gasteiger partial charge in [0.1, 0.15) is 11.3 Å². The summed E-state index contributed by atoms with van der Waals surface area (Å²) in [6.45, 7) is 0.783. The Bertz CT molecular complexity index is 549. The van der Waals surface area contributed by atoms with Gasteiger partial charge < -0.3 is 20.9 Å². The van der Waals surface area contributed by atoms with Crippen molar-refractivity contribution >= 4 is 17.6 Å². The summed E-state index contributed by atoms with van der Waals surface area (Å²) in [5, 5.41) is 11.8. The number of hydrogen-bond donors (Lipinski definition) is 3. The predicted octanol–water partition coefficient (Wildman–Crippen LogP) is 0.122. The minimum absolute atomic E-state index is 0.115. The summed E-state index contributed by atoms with van der Waals surface area (Å²) in [5.41, 5.74) is 5.15. The van der Waals surface area contributed by atoms with Crippen LogP contribution in [0.15, 0.2) is 24.3 Å². The largest absolute Gasteiger partial charge is 0.497 e. The number of carbonyl (C=O) groups excluding carboxylic acids is 1. The van der Waals surface area contributed by atoms with Crippen molar-refractivity contribution in [3.8, 4) is 5.75 Å². The normalized spacial score (nSPS) is 22.0. The van der Waals surface area contributed by atoms with Gasteiger partial charge in [-0.1, -0.05) is 6.07 Å². The summed E-state index contributed by atoms with van der Waals surface area (Å²) in [4.78, 5) is 24.8. The van der Waals surface area contributed by atoms with Gasteiger partial charge in [-0.2, -0.15) is 0 Å². The summed E-state index contributed by atoms with van der Waals surface area (Å²) in [5.74, 6) is -0.586. The lowest BCUT2D eigenvalue weighted by atomic mass is 10.0. The number of nitrogens with zero attached hydrogens (tertiary/aromatic N) is 1. The second-order valence-electron chi connectivity index (χ2n) is 5.20. The average molecular weight is 293 g/mol. The molecule has 0 radical (unpaired) electrons. The molecule has 1 aromatic carbocycles. The molecular formula is C14H19N3O4. The van der Waals surface area contributed by atoms with Crippen LogP contribution in [0.4, 0.5) is 5.69 Å². The Morgan fingerprint density at radius 3 is 2.90 bits per heavy atom. The van der Waals surface area contributed by atoms with Gasteiger partial charge >= 0.3 is 5.97 Å². The molecule has 0 aromatic heterocycles. The average Bonchev–Trinajstić information content (AvgIpc) is 2.81. The number of carboxylic acid groups (broad SMARTS) is 1. The van der Waals surface area contributed by atoms with Gasteiger partial charge in [0.05, 0.1) is 13.7 Å². The summed E-state index contributed by atoms with van der Waals surface area (Å²) in [7, 11) is 1.55. The first kappa shape index (κ1) is 15.3. The predicted molar refractivity (Wildman–Crippen MR) is 77.2 cm³/mol. The van der Waals surface area contributed by atoms with Crippen molar-refractivity contribution in [2.45, 2.75) is 12.0 Å². The third kappa shape index (κ3) is 3.71. The van der Waals surface area contributed by atoms with E-state index in [0.717, 1.165) is 0 Å². The minimum Gasteiger partial charge on any atom is -0.497 e. The highest BCUT2D eigenvalue weighted by molar-refractivity contribution is 5.92. The number of aliphatic carboxylic acids is 1. The van der Waals surface area contributed by atoms with E-state index >= 15 is 0 Å². The molecule has 1 aliphatic heterocycles. The Balaban J connectivity index is 1.89. The van der Waals surface area contributed by atoms with Crippen LogP contribution in [0, 0.1) is 0 Å². The van der Waals surface area contributed by atoms with E-state index in [-0.39, 0.29) is 19.0 Å². The highest BCUT2D eigenvalue weighted by Gasteiger charge is 2.41. The number of benzene rings is 1. The molecule has 21 heavy (non-hydrogen) atoms. The molecule has 1 aliphatic rings. The second kappa shape index (κ2) is 6.11. The molecule has 1 saturated heterocycles. The fourth-order valence-corrected chi connectivity index (χ4v) is 2.33. The first-order valence-electron chi connectivity index (χ1n) is 6.61. The summed E-state index contributed by atoms with van der Waals surface area (Å²) in [6, 6.07) is 7.03. The zero-order valence-corrected chi connectivity index (χ0v) is 11.8. The van der Waals surface area contributed by atoms with Crippen molar-refractivity contribution in [3.63, 3.8) is 0 Å². The Hall–Kier alpha value is -2.12. The first-order chi connectivity index (χ1) is 9.93. The number of hydrogen-bond acceptors (Lipinski definition) is 5. The Kier molecular flexibility index (Phi) is 4.44. The van der Waals surface area contributed by atoms with Crippen LogP contribution in [0.3, 0.4) is 0 Å². The van der Waals surface area contributed by atoms with E-state index in [4.69, 9.17) is 15.6 Å². The molecule has 7 heteroatoms. The topological polar surface area (TPSA) is 105 Å². The van der Waals surface area contributed by atoms with Gasteiger partial charge in [-0.05, 0) is 18.6 Å². The van der Waals surface area contributed by atoms with Crippen molar-refractivity contribution in [2.75, 3.05) is 32.1 Å². The van der Waals surface area contributed by atoms with E-state index in [1.165, 1.54) is 0 Å². The number of rotatable bonds is 5. The molecule has 1 amide bonds. The third-order valence-electron chi connectivity index (χ3n) is 3.53. The van der Waals surface area contributed by atoms with E-state index in [9.17, 15) is 9.59 Å². The van der Waals surface area contributed by atoms with Crippen molar-refractivity contribution in [1.29, 1.82) is 0 Å². The quantitative estimate of drug-likeness (QED) is 0.712. The number of methoxy groups -OCH3 is 1. The summed E-state index contributed by atoms with van der Waals surface area (Å²) >= 11 is 0. The van der Waals surface area contributed by atoms with Crippen LogP contribution in [0.1, 0.15) is 6.42 Å². The van der Waals surface area contributed by atoms with E-state index in [2.05, 4.69) is 5.32 Å². The monoisotopic (exact) mass is 293 g/mol. The number of amides is 1. The standard InChI is InChI=1S/C14H19N3O4/c1-21-11-4-2-3-10(7-11)16-12(18)8-17-6-5-14(15,9-17)13(19)20/h2-4,7H,5-6,8-9,15H2,1H3,(H,16,18)(H,19,20). The highest BCUT2D eigenvalue weighted by atomic mass is 16.5. The summed E-state index contributed by atoms with van der Waals surface area (Å²) in [6.07, 6.45) is 0.342.